The third-order valence-corrected chi connectivity index (χ3v) is 7.75. The van der Waals surface area contributed by atoms with Crippen LogP contribution in [0.2, 0.25) is 0 Å². The summed E-state index contributed by atoms with van der Waals surface area (Å²) >= 11 is 0. The van der Waals surface area contributed by atoms with Gasteiger partial charge in [0.1, 0.15) is 12.4 Å². The van der Waals surface area contributed by atoms with Gasteiger partial charge < -0.3 is 28.2 Å². The van der Waals surface area contributed by atoms with Crippen LogP contribution in [-0.2, 0) is 30.2 Å². The fourth-order valence-corrected chi connectivity index (χ4v) is 5.86. The summed E-state index contributed by atoms with van der Waals surface area (Å²) in [7, 11) is 0. The number of rotatable bonds is 4. The number of benzene rings is 2. The van der Waals surface area contributed by atoms with Gasteiger partial charge in [-0.25, -0.2) is 23.7 Å². The largest absolute Gasteiger partial charge is 0.454 e. The molecule has 1 atom stereocenters. The van der Waals surface area contributed by atoms with E-state index in [-0.39, 0.29) is 32.3 Å². The Morgan fingerprint density at radius 3 is 2.73 bits per heavy atom. The van der Waals surface area contributed by atoms with Gasteiger partial charge in [-0.3, -0.25) is 4.90 Å². The molecule has 13 heteroatoms. The first-order valence-electron chi connectivity index (χ1n) is 13.0. The Kier molecular flexibility index (Phi) is 5.77. The molecular formula is C27H24FN3O9. The summed E-state index contributed by atoms with van der Waals surface area (Å²) in [5.41, 5.74) is 2.55. The number of piperidine rings is 1. The predicted octanol–water partition coefficient (Wildman–Crippen LogP) is 3.22. The van der Waals surface area contributed by atoms with E-state index in [1.54, 1.807) is 21.9 Å². The standard InChI is InChI=1S/C27H24FN3O9/c28-17-3-4-18-20(11-17)40-29-23(18)16-5-7-30(27(13-16)38-24(32)25(33)39-27)8-9-35-26(34)31-6-1-2-15-10-21-22(12-19(15)31)37-14-36-21/h3-4,10-12,16H,1-2,5-9,13-14H2. The van der Waals surface area contributed by atoms with E-state index in [0.717, 1.165) is 24.1 Å². The first kappa shape index (κ1) is 24.6. The second kappa shape index (κ2) is 9.37. The Bertz CT molecular complexity index is 1520. The van der Waals surface area contributed by atoms with Gasteiger partial charge in [0.15, 0.2) is 17.1 Å². The molecule has 2 fully saturated rings. The third kappa shape index (κ3) is 4.08. The molecule has 1 aromatic heterocycles. The lowest BCUT2D eigenvalue weighted by Gasteiger charge is -2.42. The van der Waals surface area contributed by atoms with E-state index >= 15 is 0 Å². The molecule has 7 rings (SSSR count). The summed E-state index contributed by atoms with van der Waals surface area (Å²) < 4.78 is 46.4. The highest BCUT2D eigenvalue weighted by atomic mass is 19.1. The highest BCUT2D eigenvalue weighted by Gasteiger charge is 2.56. The van der Waals surface area contributed by atoms with Gasteiger partial charge in [-0.05, 0) is 43.0 Å². The van der Waals surface area contributed by atoms with Crippen molar-refractivity contribution in [2.24, 2.45) is 0 Å². The summed E-state index contributed by atoms with van der Waals surface area (Å²) in [4.78, 5) is 40.5. The molecule has 1 unspecified atom stereocenters. The summed E-state index contributed by atoms with van der Waals surface area (Å²) in [5, 5.41) is 4.75. The molecule has 0 saturated carbocycles. The molecule has 0 radical (unpaired) electrons. The molecule has 5 heterocycles. The summed E-state index contributed by atoms with van der Waals surface area (Å²) in [6, 6.07) is 7.82. The average molecular weight is 553 g/mol. The number of likely N-dealkylation sites (tertiary alicyclic amines) is 1. The van der Waals surface area contributed by atoms with Crippen LogP contribution in [0.3, 0.4) is 0 Å². The van der Waals surface area contributed by atoms with Crippen molar-refractivity contribution in [2.75, 3.05) is 37.9 Å². The zero-order valence-electron chi connectivity index (χ0n) is 21.2. The van der Waals surface area contributed by atoms with Crippen LogP contribution in [0.5, 0.6) is 11.5 Å². The maximum Gasteiger partial charge on any atom is 0.421 e. The predicted molar refractivity (Wildman–Crippen MR) is 132 cm³/mol. The number of amides is 1. The second-order valence-corrected chi connectivity index (χ2v) is 10.1. The Balaban J connectivity index is 1.05. The minimum Gasteiger partial charge on any atom is -0.454 e. The van der Waals surface area contributed by atoms with E-state index in [4.69, 9.17) is 28.2 Å². The van der Waals surface area contributed by atoms with Crippen molar-refractivity contribution in [3.05, 3.63) is 47.4 Å². The lowest BCUT2D eigenvalue weighted by Crippen LogP contribution is -2.56. The van der Waals surface area contributed by atoms with Crippen LogP contribution in [0, 0.1) is 5.82 Å². The monoisotopic (exact) mass is 553 g/mol. The quantitative estimate of drug-likeness (QED) is 0.349. The second-order valence-electron chi connectivity index (χ2n) is 10.1. The minimum absolute atomic E-state index is 0.0388. The molecule has 208 valence electrons. The van der Waals surface area contributed by atoms with Gasteiger partial charge in [-0.1, -0.05) is 5.16 Å². The van der Waals surface area contributed by atoms with Crippen molar-refractivity contribution in [1.29, 1.82) is 0 Å². The molecule has 40 heavy (non-hydrogen) atoms. The smallest absolute Gasteiger partial charge is 0.421 e. The van der Waals surface area contributed by atoms with Crippen LogP contribution in [0.15, 0.2) is 34.9 Å². The van der Waals surface area contributed by atoms with E-state index in [1.807, 2.05) is 6.07 Å². The van der Waals surface area contributed by atoms with Crippen LogP contribution in [0.1, 0.15) is 36.4 Å². The van der Waals surface area contributed by atoms with Crippen molar-refractivity contribution in [1.82, 2.24) is 10.1 Å². The van der Waals surface area contributed by atoms with Crippen LogP contribution in [0.4, 0.5) is 14.9 Å². The number of esters is 2. The van der Waals surface area contributed by atoms with Crippen molar-refractivity contribution in [3.8, 4) is 11.5 Å². The number of fused-ring (bicyclic) bond motifs is 3. The van der Waals surface area contributed by atoms with Gasteiger partial charge in [-0.2, -0.15) is 0 Å². The van der Waals surface area contributed by atoms with E-state index in [0.29, 0.717) is 47.7 Å². The molecule has 4 aliphatic rings. The Morgan fingerprint density at radius 2 is 1.90 bits per heavy atom. The van der Waals surface area contributed by atoms with Crippen LogP contribution < -0.4 is 14.4 Å². The van der Waals surface area contributed by atoms with Crippen molar-refractivity contribution < 1.29 is 47.0 Å². The van der Waals surface area contributed by atoms with Crippen LogP contribution in [0.25, 0.3) is 11.0 Å². The van der Waals surface area contributed by atoms with Gasteiger partial charge in [0.05, 0.1) is 17.8 Å². The maximum absolute atomic E-state index is 13.6. The number of carbonyl (C=O) groups excluding carboxylic acids is 3. The molecule has 2 saturated heterocycles. The zero-order chi connectivity index (χ0) is 27.4. The number of halogens is 1. The average Bonchev–Trinajstić information content (AvgIpc) is 3.64. The normalized spacial score (nSPS) is 21.4. The van der Waals surface area contributed by atoms with Crippen LogP contribution in [-0.4, -0.2) is 67.0 Å². The topological polar surface area (TPSA) is 130 Å². The van der Waals surface area contributed by atoms with E-state index in [2.05, 4.69) is 5.16 Å². The summed E-state index contributed by atoms with van der Waals surface area (Å²) in [6.07, 6.45) is 1.69. The Morgan fingerprint density at radius 1 is 1.10 bits per heavy atom. The molecule has 1 spiro atoms. The van der Waals surface area contributed by atoms with Gasteiger partial charge in [-0.15, -0.1) is 0 Å². The molecule has 0 bridgehead atoms. The van der Waals surface area contributed by atoms with Crippen molar-refractivity contribution in [3.63, 3.8) is 0 Å². The fourth-order valence-electron chi connectivity index (χ4n) is 5.86. The molecule has 0 aliphatic carbocycles. The SMILES string of the molecule is O=C1OC2(CC(c3noc4cc(F)ccc34)CCN2CCOC(=O)N2CCCc3cc4c(cc32)OCO4)OC1=O. The molecule has 3 aromatic rings. The number of ether oxygens (including phenoxy) is 5. The minimum atomic E-state index is -1.68. The number of hydrogen-bond donors (Lipinski definition) is 0. The molecule has 12 nitrogen and oxygen atoms in total. The van der Waals surface area contributed by atoms with Crippen LogP contribution >= 0.6 is 0 Å². The highest BCUT2D eigenvalue weighted by Crippen LogP contribution is 2.44. The molecular weight excluding hydrogens is 529 g/mol. The van der Waals surface area contributed by atoms with Gasteiger partial charge in [0, 0.05) is 43.1 Å². The Labute approximate surface area is 226 Å². The van der Waals surface area contributed by atoms with Gasteiger partial charge in [0.2, 0.25) is 6.79 Å². The number of nitrogens with zero attached hydrogens (tertiary/aromatic N) is 3. The highest BCUT2D eigenvalue weighted by molar-refractivity contribution is 6.31. The van der Waals surface area contributed by atoms with E-state index in [1.165, 1.54) is 12.1 Å². The lowest BCUT2D eigenvalue weighted by molar-refractivity contribution is -0.267. The summed E-state index contributed by atoms with van der Waals surface area (Å²) in [6.45, 7) is 1.08. The maximum atomic E-state index is 13.6. The van der Waals surface area contributed by atoms with Crippen molar-refractivity contribution >= 4 is 34.7 Å². The number of anilines is 1. The Hall–Kier alpha value is -4.39. The summed E-state index contributed by atoms with van der Waals surface area (Å²) in [5.74, 6) is -3.38. The lowest BCUT2D eigenvalue weighted by atomic mass is 9.89. The number of carbonyl (C=O) groups is 3. The first-order valence-corrected chi connectivity index (χ1v) is 13.0. The van der Waals surface area contributed by atoms with Crippen molar-refractivity contribution in [2.45, 2.75) is 37.5 Å². The number of aromatic nitrogens is 1. The van der Waals surface area contributed by atoms with E-state index < -0.39 is 29.8 Å². The molecule has 1 amide bonds. The van der Waals surface area contributed by atoms with E-state index in [9.17, 15) is 18.8 Å². The fraction of sp³-hybridized carbons (Fsp3) is 0.407. The molecule has 2 aromatic carbocycles. The first-order chi connectivity index (χ1) is 19.4. The number of hydrogen-bond acceptors (Lipinski definition) is 11. The number of aryl methyl sites for hydroxylation is 1. The molecule has 4 aliphatic heterocycles. The zero-order valence-corrected chi connectivity index (χ0v) is 21.2. The van der Waals surface area contributed by atoms with Gasteiger partial charge >= 0.3 is 23.9 Å². The molecule has 0 N–H and O–H groups in total. The van der Waals surface area contributed by atoms with Gasteiger partial charge in [0.25, 0.3) is 0 Å². The third-order valence-electron chi connectivity index (χ3n) is 7.75.